The molecule has 1 N–H and O–H groups in total. The van der Waals surface area contributed by atoms with Gasteiger partial charge in [0, 0.05) is 5.57 Å². The van der Waals surface area contributed by atoms with Crippen LogP contribution in [-0.2, 0) is 14.4 Å². The molecule has 0 saturated carbocycles. The number of benzene rings is 1. The van der Waals surface area contributed by atoms with E-state index in [-0.39, 0.29) is 5.57 Å². The highest BCUT2D eigenvalue weighted by molar-refractivity contribution is 6.18. The smallest absolute Gasteiger partial charge is 0.337 e. The third-order valence-electron chi connectivity index (χ3n) is 2.59. The molecule has 4 heteroatoms. The number of carbonyl (C=O) groups is 2. The lowest BCUT2D eigenvalue weighted by atomic mass is 9.98. The highest BCUT2D eigenvalue weighted by atomic mass is 16.7. The number of aryl methyl sites for hydroxylation is 1. The molecule has 4 nitrogen and oxygen atoms in total. The fourth-order valence-corrected chi connectivity index (χ4v) is 1.34. The molecule has 0 radical (unpaired) electrons. The predicted octanol–water partition coefficient (Wildman–Crippen LogP) is 2.63. The second-order valence-electron chi connectivity index (χ2n) is 5.36. The monoisotopic (exact) mass is 261 g/mol. The van der Waals surface area contributed by atoms with Crippen molar-refractivity contribution in [3.63, 3.8) is 0 Å². The first kappa shape index (κ1) is 15.0. The maximum absolute atomic E-state index is 11.8. The Morgan fingerprint density at radius 1 is 1.21 bits per heavy atom. The largest absolute Gasteiger partial charge is 0.340 e. The zero-order chi connectivity index (χ0) is 14.6. The Morgan fingerprint density at radius 2 is 1.79 bits per heavy atom. The normalized spacial score (nSPS) is 10.7. The van der Waals surface area contributed by atoms with Crippen LogP contribution in [0.1, 0.15) is 31.9 Å². The van der Waals surface area contributed by atoms with E-state index in [1.165, 1.54) is 0 Å². The SMILES string of the molecule is C=C(C(=O)NOC(=O)C(C)(C)C)c1ccccc1C. The summed E-state index contributed by atoms with van der Waals surface area (Å²) in [5.74, 6) is -1.02. The van der Waals surface area contributed by atoms with Crippen LogP contribution in [0.3, 0.4) is 0 Å². The van der Waals surface area contributed by atoms with Crippen LogP contribution in [0.4, 0.5) is 0 Å². The Kier molecular flexibility index (Phi) is 4.48. The molecule has 1 rings (SSSR count). The first-order valence-electron chi connectivity index (χ1n) is 6.00. The predicted molar refractivity (Wildman–Crippen MR) is 73.9 cm³/mol. The van der Waals surface area contributed by atoms with E-state index in [4.69, 9.17) is 4.84 Å². The molecule has 0 saturated heterocycles. The number of rotatable bonds is 2. The van der Waals surface area contributed by atoms with Gasteiger partial charge in [0.25, 0.3) is 5.91 Å². The number of amides is 1. The van der Waals surface area contributed by atoms with E-state index in [2.05, 4.69) is 12.1 Å². The van der Waals surface area contributed by atoms with Crippen molar-refractivity contribution in [3.05, 3.63) is 42.0 Å². The van der Waals surface area contributed by atoms with Crippen LogP contribution in [0.25, 0.3) is 5.57 Å². The van der Waals surface area contributed by atoms with Crippen molar-refractivity contribution in [1.29, 1.82) is 0 Å². The van der Waals surface area contributed by atoms with Crippen LogP contribution in [0.15, 0.2) is 30.8 Å². The molecular weight excluding hydrogens is 242 g/mol. The first-order valence-corrected chi connectivity index (χ1v) is 6.00. The average Bonchev–Trinajstić information content (AvgIpc) is 2.34. The van der Waals surface area contributed by atoms with Gasteiger partial charge in [0.05, 0.1) is 5.41 Å². The van der Waals surface area contributed by atoms with E-state index in [0.29, 0.717) is 0 Å². The molecule has 102 valence electrons. The topological polar surface area (TPSA) is 55.4 Å². The van der Waals surface area contributed by atoms with E-state index >= 15 is 0 Å². The molecule has 1 aromatic carbocycles. The molecule has 19 heavy (non-hydrogen) atoms. The molecule has 0 aliphatic heterocycles. The Bertz CT molecular complexity index is 512. The quantitative estimate of drug-likeness (QED) is 0.657. The highest BCUT2D eigenvalue weighted by Crippen LogP contribution is 2.18. The van der Waals surface area contributed by atoms with Gasteiger partial charge in [-0.1, -0.05) is 30.8 Å². The van der Waals surface area contributed by atoms with Crippen molar-refractivity contribution in [1.82, 2.24) is 5.48 Å². The van der Waals surface area contributed by atoms with Crippen LogP contribution in [0.5, 0.6) is 0 Å². The minimum Gasteiger partial charge on any atom is -0.340 e. The third-order valence-corrected chi connectivity index (χ3v) is 2.59. The lowest BCUT2D eigenvalue weighted by molar-refractivity contribution is -0.164. The Labute approximate surface area is 113 Å². The van der Waals surface area contributed by atoms with Gasteiger partial charge in [-0.15, -0.1) is 0 Å². The van der Waals surface area contributed by atoms with Crippen molar-refractivity contribution >= 4 is 17.4 Å². The summed E-state index contributed by atoms with van der Waals surface area (Å²) in [6, 6.07) is 7.38. The van der Waals surface area contributed by atoms with Crippen LogP contribution in [0, 0.1) is 12.3 Å². The second kappa shape index (κ2) is 5.69. The number of hydrogen-bond acceptors (Lipinski definition) is 3. The lowest BCUT2D eigenvalue weighted by Crippen LogP contribution is -2.33. The van der Waals surface area contributed by atoms with Gasteiger partial charge in [0.15, 0.2) is 0 Å². The first-order chi connectivity index (χ1) is 8.73. The van der Waals surface area contributed by atoms with Crippen LogP contribution < -0.4 is 5.48 Å². The van der Waals surface area contributed by atoms with Gasteiger partial charge in [-0.2, -0.15) is 5.48 Å². The number of hydrogen-bond donors (Lipinski definition) is 1. The van der Waals surface area contributed by atoms with Gasteiger partial charge in [-0.3, -0.25) is 4.79 Å². The summed E-state index contributed by atoms with van der Waals surface area (Å²) in [5.41, 5.74) is 3.38. The van der Waals surface area contributed by atoms with E-state index in [1.54, 1.807) is 26.8 Å². The standard InChI is InChI=1S/C15H19NO3/c1-10-8-6-7-9-12(10)11(2)13(17)16-19-14(18)15(3,4)5/h6-9H,2H2,1,3-5H3,(H,16,17). The van der Waals surface area contributed by atoms with E-state index < -0.39 is 17.3 Å². The lowest BCUT2D eigenvalue weighted by Gasteiger charge is -2.16. The molecule has 1 aromatic rings. The molecule has 1 amide bonds. The minimum atomic E-state index is -0.669. The molecular formula is C15H19NO3. The Hall–Kier alpha value is -2.10. The molecule has 0 aromatic heterocycles. The Balaban J connectivity index is 2.68. The van der Waals surface area contributed by atoms with Gasteiger partial charge >= 0.3 is 5.97 Å². The van der Waals surface area contributed by atoms with Crippen molar-refractivity contribution in [2.24, 2.45) is 5.41 Å². The number of hydroxylamine groups is 1. The third kappa shape index (κ3) is 3.95. The van der Waals surface area contributed by atoms with Gasteiger partial charge in [0.1, 0.15) is 0 Å². The molecule has 0 aliphatic carbocycles. The van der Waals surface area contributed by atoms with Crippen molar-refractivity contribution < 1.29 is 14.4 Å². The van der Waals surface area contributed by atoms with Crippen molar-refractivity contribution in [3.8, 4) is 0 Å². The minimum absolute atomic E-state index is 0.264. The average molecular weight is 261 g/mol. The van der Waals surface area contributed by atoms with Crippen LogP contribution in [0.2, 0.25) is 0 Å². The van der Waals surface area contributed by atoms with Gasteiger partial charge in [-0.05, 0) is 38.8 Å². The van der Waals surface area contributed by atoms with Crippen molar-refractivity contribution in [2.45, 2.75) is 27.7 Å². The molecule has 0 aliphatic rings. The van der Waals surface area contributed by atoms with Gasteiger partial charge < -0.3 is 4.84 Å². The molecule has 0 unspecified atom stereocenters. The summed E-state index contributed by atoms with van der Waals surface area (Å²) in [4.78, 5) is 28.1. The van der Waals surface area contributed by atoms with Crippen LogP contribution >= 0.6 is 0 Å². The summed E-state index contributed by atoms with van der Waals surface area (Å²) in [6.45, 7) is 10.7. The molecule has 0 bridgehead atoms. The van der Waals surface area contributed by atoms with Gasteiger partial charge in [-0.25, -0.2) is 4.79 Å². The number of nitrogens with one attached hydrogen (secondary N) is 1. The van der Waals surface area contributed by atoms with Crippen LogP contribution in [-0.4, -0.2) is 11.9 Å². The van der Waals surface area contributed by atoms with E-state index in [1.807, 2.05) is 25.1 Å². The molecule has 0 atom stereocenters. The summed E-state index contributed by atoms with van der Waals surface area (Å²) in [7, 11) is 0. The molecule has 0 heterocycles. The fraction of sp³-hybridized carbons (Fsp3) is 0.333. The zero-order valence-corrected chi connectivity index (χ0v) is 11.7. The Morgan fingerprint density at radius 3 is 2.32 bits per heavy atom. The van der Waals surface area contributed by atoms with Gasteiger partial charge in [0.2, 0.25) is 0 Å². The summed E-state index contributed by atoms with van der Waals surface area (Å²) in [6.07, 6.45) is 0. The summed E-state index contributed by atoms with van der Waals surface area (Å²) >= 11 is 0. The maximum atomic E-state index is 11.8. The number of carbonyl (C=O) groups excluding carboxylic acids is 2. The maximum Gasteiger partial charge on any atom is 0.337 e. The molecule has 0 fully saturated rings. The van der Waals surface area contributed by atoms with Crippen molar-refractivity contribution in [2.75, 3.05) is 0 Å². The second-order valence-corrected chi connectivity index (χ2v) is 5.36. The fourth-order valence-electron chi connectivity index (χ4n) is 1.34. The van der Waals surface area contributed by atoms with E-state index in [9.17, 15) is 9.59 Å². The summed E-state index contributed by atoms with van der Waals surface area (Å²) < 4.78 is 0. The van der Waals surface area contributed by atoms with E-state index in [0.717, 1.165) is 11.1 Å². The molecule has 0 spiro atoms. The summed E-state index contributed by atoms with van der Waals surface area (Å²) in [5, 5.41) is 0. The highest BCUT2D eigenvalue weighted by Gasteiger charge is 2.24. The zero-order valence-electron chi connectivity index (χ0n) is 11.7.